The van der Waals surface area contributed by atoms with Gasteiger partial charge in [-0.25, -0.2) is 0 Å². The minimum Gasteiger partial charge on any atom is -0.103 e. The van der Waals surface area contributed by atoms with Crippen molar-refractivity contribution in [2.45, 2.75) is 165 Å². The molecule has 0 heterocycles. The smallest absolute Gasteiger partial charge is 0.0154 e. The van der Waals surface area contributed by atoms with Gasteiger partial charge < -0.3 is 0 Å². The predicted octanol–water partition coefficient (Wildman–Crippen LogP) is 19.6. The highest BCUT2D eigenvalue weighted by Gasteiger charge is 2.28. The molecule has 0 saturated heterocycles. The molecule has 0 saturated carbocycles. The Bertz CT molecular complexity index is 2070. The molecule has 0 N–H and O–H groups in total. The highest BCUT2D eigenvalue weighted by Crippen LogP contribution is 2.44. The third kappa shape index (κ3) is 16.8. The van der Waals surface area contributed by atoms with Crippen molar-refractivity contribution in [2.75, 3.05) is 0 Å². The summed E-state index contributed by atoms with van der Waals surface area (Å²) in [5.41, 5.74) is 9.10. The Morgan fingerprint density at radius 2 is 0.600 bits per heavy atom. The second-order valence-electron chi connectivity index (χ2n) is 19.5. The first kappa shape index (κ1) is 49.5. The van der Waals surface area contributed by atoms with Gasteiger partial charge in [-0.1, -0.05) is 247 Å². The maximum atomic E-state index is 4.10. The van der Waals surface area contributed by atoms with E-state index in [-0.39, 0.29) is 0 Å². The second-order valence-corrected chi connectivity index (χ2v) is 19.5. The zero-order valence-corrected chi connectivity index (χ0v) is 40.4. The topological polar surface area (TPSA) is 0 Å². The van der Waals surface area contributed by atoms with Crippen LogP contribution in [0.15, 0.2) is 195 Å². The van der Waals surface area contributed by atoms with Crippen LogP contribution in [0.1, 0.15) is 198 Å². The molecule has 0 amide bonds. The summed E-state index contributed by atoms with van der Waals surface area (Å²) in [7, 11) is 0. The molecule has 0 spiro atoms. The van der Waals surface area contributed by atoms with E-state index in [0.717, 1.165) is 6.42 Å². The number of unbranched alkanes of at least 4 members (excludes halogenated alkanes) is 4. The van der Waals surface area contributed by atoms with Crippen LogP contribution in [0, 0.1) is 5.92 Å². The van der Waals surface area contributed by atoms with E-state index in [1.54, 1.807) is 0 Å². The van der Waals surface area contributed by atoms with E-state index in [1.807, 2.05) is 0 Å². The van der Waals surface area contributed by atoms with E-state index in [0.29, 0.717) is 41.4 Å². The summed E-state index contributed by atoms with van der Waals surface area (Å²) in [6, 6.07) is 69.3. The van der Waals surface area contributed by atoms with Crippen LogP contribution in [-0.2, 0) is 0 Å². The minimum atomic E-state index is 0.488. The van der Waals surface area contributed by atoms with Crippen LogP contribution in [0.2, 0.25) is 0 Å². The minimum absolute atomic E-state index is 0.488. The third-order valence-electron chi connectivity index (χ3n) is 14.8. The van der Waals surface area contributed by atoms with E-state index in [2.05, 4.69) is 208 Å². The van der Waals surface area contributed by atoms with Crippen LogP contribution >= 0.6 is 0 Å². The maximum Gasteiger partial charge on any atom is -0.0154 e. The van der Waals surface area contributed by atoms with Crippen LogP contribution in [-0.4, -0.2) is 0 Å². The summed E-state index contributed by atoms with van der Waals surface area (Å²) in [6.07, 6.45) is 24.3. The largest absolute Gasteiger partial charge is 0.103 e. The van der Waals surface area contributed by atoms with Crippen molar-refractivity contribution < 1.29 is 0 Å². The lowest BCUT2D eigenvalue weighted by atomic mass is 9.72. The Hall–Kier alpha value is -4.94. The molecule has 6 aromatic rings. The number of hydrogen-bond acceptors (Lipinski definition) is 0. The van der Waals surface area contributed by atoms with Crippen molar-refractivity contribution in [1.82, 2.24) is 0 Å². The molecule has 65 heavy (non-hydrogen) atoms. The van der Waals surface area contributed by atoms with Gasteiger partial charge in [-0.2, -0.15) is 0 Å². The van der Waals surface area contributed by atoms with Gasteiger partial charge in [-0.3, -0.25) is 0 Å². The normalized spacial score (nSPS) is 14.7. The van der Waals surface area contributed by atoms with Gasteiger partial charge >= 0.3 is 0 Å². The van der Waals surface area contributed by atoms with Crippen LogP contribution < -0.4 is 0 Å². The Morgan fingerprint density at radius 3 is 0.938 bits per heavy atom. The number of hydrogen-bond donors (Lipinski definition) is 0. The van der Waals surface area contributed by atoms with Gasteiger partial charge in [-0.15, -0.1) is 6.58 Å². The molecular formula is C65H82. The van der Waals surface area contributed by atoms with Crippen molar-refractivity contribution in [3.05, 3.63) is 228 Å². The van der Waals surface area contributed by atoms with Crippen molar-refractivity contribution >= 4 is 0 Å². The fourth-order valence-corrected chi connectivity index (χ4v) is 11.2. The molecule has 0 bridgehead atoms. The summed E-state index contributed by atoms with van der Waals surface area (Å²) >= 11 is 0. The van der Waals surface area contributed by atoms with E-state index in [9.17, 15) is 0 Å². The van der Waals surface area contributed by atoms with Gasteiger partial charge in [0.1, 0.15) is 0 Å². The van der Waals surface area contributed by atoms with Gasteiger partial charge in [0, 0.05) is 0 Å². The highest BCUT2D eigenvalue weighted by molar-refractivity contribution is 5.27. The number of allylic oxidation sites excluding steroid dienone is 1. The summed E-state index contributed by atoms with van der Waals surface area (Å²) in [6.45, 7) is 8.78. The Balaban J connectivity index is 1.34. The molecule has 0 radical (unpaired) electrons. The van der Waals surface area contributed by atoms with Crippen molar-refractivity contribution in [3.63, 3.8) is 0 Å². The molecule has 0 fully saturated rings. The van der Waals surface area contributed by atoms with Crippen molar-refractivity contribution in [1.29, 1.82) is 0 Å². The zero-order chi connectivity index (χ0) is 45.2. The van der Waals surface area contributed by atoms with Crippen LogP contribution in [0.25, 0.3) is 0 Å². The van der Waals surface area contributed by atoms with Crippen LogP contribution in [0.4, 0.5) is 0 Å². The molecule has 342 valence electrons. The zero-order valence-electron chi connectivity index (χ0n) is 40.4. The highest BCUT2D eigenvalue weighted by atomic mass is 14.3. The average Bonchev–Trinajstić information content (AvgIpc) is 3.37. The van der Waals surface area contributed by atoms with Crippen molar-refractivity contribution in [2.24, 2.45) is 5.92 Å². The Morgan fingerprint density at radius 1 is 0.308 bits per heavy atom. The quantitative estimate of drug-likeness (QED) is 0.0302. The average molecular weight is 863 g/mol. The fourth-order valence-electron chi connectivity index (χ4n) is 11.2. The summed E-state index contributed by atoms with van der Waals surface area (Å²) in [4.78, 5) is 0. The maximum absolute atomic E-state index is 4.10. The van der Waals surface area contributed by atoms with E-state index in [1.165, 1.54) is 143 Å². The molecule has 0 heteroatoms. The molecule has 7 atom stereocenters. The number of rotatable bonds is 31. The SMILES string of the molecule is C=CCCCC(CC(CC(CCCC(CC(CCCC)c1ccccc1)c1ccccc1)CC(CC(CCCCC)c1ccccc1)c1ccccc1)c1ccccc1)c1ccccc1. The molecule has 0 aliphatic heterocycles. The van der Waals surface area contributed by atoms with Crippen molar-refractivity contribution in [3.8, 4) is 0 Å². The summed E-state index contributed by atoms with van der Waals surface area (Å²) in [5, 5.41) is 0. The van der Waals surface area contributed by atoms with Gasteiger partial charge in [-0.05, 0) is 145 Å². The number of benzene rings is 6. The second kappa shape index (κ2) is 28.9. The molecular weight excluding hydrogens is 781 g/mol. The molecule has 6 rings (SSSR count). The summed E-state index contributed by atoms with van der Waals surface area (Å²) in [5.74, 6) is 3.80. The van der Waals surface area contributed by atoms with Crippen LogP contribution in [0.3, 0.4) is 0 Å². The van der Waals surface area contributed by atoms with E-state index in [4.69, 9.17) is 0 Å². The lowest BCUT2D eigenvalue weighted by Crippen LogP contribution is -2.17. The van der Waals surface area contributed by atoms with E-state index >= 15 is 0 Å². The lowest BCUT2D eigenvalue weighted by Gasteiger charge is -2.32. The predicted molar refractivity (Wildman–Crippen MR) is 283 cm³/mol. The molecule has 0 nitrogen and oxygen atoms in total. The lowest BCUT2D eigenvalue weighted by molar-refractivity contribution is 0.308. The molecule has 0 aromatic heterocycles. The summed E-state index contributed by atoms with van der Waals surface area (Å²) < 4.78 is 0. The molecule has 0 aliphatic rings. The Labute approximate surface area is 397 Å². The van der Waals surface area contributed by atoms with Gasteiger partial charge in [0.25, 0.3) is 0 Å². The first-order chi connectivity index (χ1) is 32.1. The van der Waals surface area contributed by atoms with E-state index < -0.39 is 0 Å². The Kier molecular flexibility index (Phi) is 22.0. The van der Waals surface area contributed by atoms with Gasteiger partial charge in [0.15, 0.2) is 0 Å². The first-order valence-electron chi connectivity index (χ1n) is 26.1. The monoisotopic (exact) mass is 863 g/mol. The standard InChI is InChI=1S/C65H82/c1-4-7-16-45-61(55-35-20-11-21-36-55)51-64(58-41-26-14-27-42-58)48-53(49-65(59-43-28-15-29-44-59)52-62(46-17-8-5-2)56-37-22-12-23-38-56)31-30-47-63(57-39-24-13-25-40-57)50-60(32-9-6-3)54-33-18-10-19-34-54/h4,10-15,18-29,33-44,53,60-65H,1,5-9,16-17,30-32,45-52H2,2-3H3. The van der Waals surface area contributed by atoms with Crippen LogP contribution in [0.5, 0.6) is 0 Å². The fraction of sp³-hybridized carbons (Fsp3) is 0.415. The molecule has 7 unspecified atom stereocenters. The molecule has 6 aromatic carbocycles. The molecule has 0 aliphatic carbocycles. The first-order valence-corrected chi connectivity index (χ1v) is 26.1. The van der Waals surface area contributed by atoms with Gasteiger partial charge in [0.2, 0.25) is 0 Å². The van der Waals surface area contributed by atoms with Gasteiger partial charge in [0.05, 0.1) is 0 Å². The third-order valence-corrected chi connectivity index (χ3v) is 14.8.